The Bertz CT molecular complexity index is 765. The van der Waals surface area contributed by atoms with Crippen molar-refractivity contribution < 1.29 is 13.6 Å². The molecule has 1 N–H and O–H groups in total. The van der Waals surface area contributed by atoms with E-state index in [1.54, 1.807) is 22.2 Å². The molecule has 2 aromatic heterocycles. The lowest BCUT2D eigenvalue weighted by atomic mass is 10.3. The van der Waals surface area contributed by atoms with Crippen LogP contribution in [0.2, 0.25) is 0 Å². The molecule has 19 heavy (non-hydrogen) atoms. The van der Waals surface area contributed by atoms with Crippen LogP contribution in [-0.4, -0.2) is 15.3 Å². The Morgan fingerprint density at radius 3 is 3.00 bits per heavy atom. The van der Waals surface area contributed by atoms with Gasteiger partial charge in [-0.15, -0.1) is 11.3 Å². The van der Waals surface area contributed by atoms with E-state index in [0.717, 1.165) is 12.1 Å². The number of benzene rings is 1. The summed E-state index contributed by atoms with van der Waals surface area (Å²) in [5.41, 5.74) is 0.284. The van der Waals surface area contributed by atoms with E-state index in [9.17, 15) is 13.6 Å². The van der Waals surface area contributed by atoms with E-state index in [2.05, 4.69) is 10.3 Å². The number of hydrogen-bond donors (Lipinski definition) is 1. The van der Waals surface area contributed by atoms with Crippen LogP contribution in [0.5, 0.6) is 0 Å². The van der Waals surface area contributed by atoms with Crippen molar-refractivity contribution in [2.24, 2.45) is 0 Å². The van der Waals surface area contributed by atoms with Crippen LogP contribution < -0.4 is 5.32 Å². The summed E-state index contributed by atoms with van der Waals surface area (Å²) in [7, 11) is 0. The van der Waals surface area contributed by atoms with Crippen molar-refractivity contribution in [2.75, 3.05) is 5.32 Å². The standard InChI is InChI=1S/C12H7F2N3OS/c13-7-1-2-9(8(14)5-7)16-11(18)10-6-19-12-15-3-4-17(10)12/h1-6H,(H,16,18). The summed E-state index contributed by atoms with van der Waals surface area (Å²) in [5.74, 6) is -1.98. The number of thiazole rings is 1. The minimum atomic E-state index is -0.814. The van der Waals surface area contributed by atoms with Gasteiger partial charge >= 0.3 is 0 Å². The molecule has 0 spiro atoms. The van der Waals surface area contributed by atoms with Gasteiger partial charge in [0.15, 0.2) is 4.96 Å². The number of anilines is 1. The Morgan fingerprint density at radius 1 is 1.37 bits per heavy atom. The van der Waals surface area contributed by atoms with E-state index in [4.69, 9.17) is 0 Å². The summed E-state index contributed by atoms with van der Waals surface area (Å²) < 4.78 is 27.8. The van der Waals surface area contributed by atoms with Gasteiger partial charge in [-0.1, -0.05) is 0 Å². The fraction of sp³-hybridized carbons (Fsp3) is 0. The molecule has 4 nitrogen and oxygen atoms in total. The molecule has 0 radical (unpaired) electrons. The normalized spacial score (nSPS) is 10.8. The zero-order valence-corrected chi connectivity index (χ0v) is 10.2. The molecule has 0 unspecified atom stereocenters. The molecule has 0 saturated heterocycles. The second kappa shape index (κ2) is 4.43. The zero-order chi connectivity index (χ0) is 13.4. The van der Waals surface area contributed by atoms with Crippen LogP contribution in [0.4, 0.5) is 14.5 Å². The lowest BCUT2D eigenvalue weighted by Gasteiger charge is -2.05. The van der Waals surface area contributed by atoms with Gasteiger partial charge < -0.3 is 5.32 Å². The smallest absolute Gasteiger partial charge is 0.273 e. The number of rotatable bonds is 2. The van der Waals surface area contributed by atoms with Crippen LogP contribution in [0.1, 0.15) is 10.5 Å². The third kappa shape index (κ3) is 2.08. The predicted molar refractivity (Wildman–Crippen MR) is 67.4 cm³/mol. The number of fused-ring (bicyclic) bond motifs is 1. The molecule has 96 valence electrons. The van der Waals surface area contributed by atoms with E-state index >= 15 is 0 Å². The molecule has 0 aliphatic heterocycles. The highest BCUT2D eigenvalue weighted by Crippen LogP contribution is 2.19. The summed E-state index contributed by atoms with van der Waals surface area (Å²) in [6.07, 6.45) is 3.21. The molecule has 2 heterocycles. The topological polar surface area (TPSA) is 46.4 Å². The van der Waals surface area contributed by atoms with E-state index in [1.165, 1.54) is 17.4 Å². The Morgan fingerprint density at radius 2 is 2.21 bits per heavy atom. The molecule has 3 aromatic rings. The summed E-state index contributed by atoms with van der Waals surface area (Å²) in [5, 5.41) is 4.02. The number of nitrogens with zero attached hydrogens (tertiary/aromatic N) is 2. The first-order chi connectivity index (χ1) is 9.15. The van der Waals surface area contributed by atoms with E-state index < -0.39 is 17.5 Å². The Balaban J connectivity index is 1.91. The summed E-state index contributed by atoms with van der Waals surface area (Å²) in [6, 6.07) is 2.98. The summed E-state index contributed by atoms with van der Waals surface area (Å²) >= 11 is 1.30. The van der Waals surface area contributed by atoms with Gasteiger partial charge in [0, 0.05) is 23.8 Å². The lowest BCUT2D eigenvalue weighted by Crippen LogP contribution is -2.14. The SMILES string of the molecule is O=C(Nc1ccc(F)cc1F)c1csc2nccn12. The first kappa shape index (κ1) is 11.8. The highest BCUT2D eigenvalue weighted by molar-refractivity contribution is 7.15. The third-order valence-electron chi connectivity index (χ3n) is 2.55. The Kier molecular flexibility index (Phi) is 2.75. The molecule has 1 aromatic carbocycles. The van der Waals surface area contributed by atoms with E-state index in [1.807, 2.05) is 0 Å². The highest BCUT2D eigenvalue weighted by Gasteiger charge is 2.14. The number of aromatic nitrogens is 2. The van der Waals surface area contributed by atoms with Crippen molar-refractivity contribution in [1.82, 2.24) is 9.38 Å². The number of nitrogens with one attached hydrogen (secondary N) is 1. The number of imidazole rings is 1. The average molecular weight is 279 g/mol. The predicted octanol–water partition coefficient (Wildman–Crippen LogP) is 2.93. The highest BCUT2D eigenvalue weighted by atomic mass is 32.1. The van der Waals surface area contributed by atoms with Crippen molar-refractivity contribution in [1.29, 1.82) is 0 Å². The third-order valence-corrected chi connectivity index (χ3v) is 3.41. The summed E-state index contributed by atoms with van der Waals surface area (Å²) in [6.45, 7) is 0. The van der Waals surface area contributed by atoms with Crippen LogP contribution >= 0.6 is 11.3 Å². The first-order valence-corrected chi connectivity index (χ1v) is 6.20. The molecule has 0 saturated carbocycles. The minimum Gasteiger partial charge on any atom is -0.318 e. The molecular formula is C12H7F2N3OS. The fourth-order valence-electron chi connectivity index (χ4n) is 1.67. The fourth-order valence-corrected chi connectivity index (χ4v) is 2.50. The molecule has 0 atom stereocenters. The molecule has 1 amide bonds. The number of halogens is 2. The van der Waals surface area contributed by atoms with Gasteiger partial charge in [0.1, 0.15) is 17.3 Å². The van der Waals surface area contributed by atoms with Gasteiger partial charge in [-0.25, -0.2) is 13.8 Å². The van der Waals surface area contributed by atoms with Gasteiger partial charge in [0.25, 0.3) is 5.91 Å². The molecule has 0 fully saturated rings. The lowest BCUT2D eigenvalue weighted by molar-refractivity contribution is 0.102. The molecule has 7 heteroatoms. The van der Waals surface area contributed by atoms with Gasteiger partial charge in [-0.2, -0.15) is 0 Å². The Hall–Kier alpha value is -2.28. The van der Waals surface area contributed by atoms with Crippen LogP contribution in [0.3, 0.4) is 0 Å². The van der Waals surface area contributed by atoms with Gasteiger partial charge in [0.2, 0.25) is 0 Å². The number of carbonyl (C=O) groups excluding carboxylic acids is 1. The number of amides is 1. The van der Waals surface area contributed by atoms with Gasteiger partial charge in [-0.3, -0.25) is 9.20 Å². The largest absolute Gasteiger partial charge is 0.318 e. The second-order valence-electron chi connectivity index (χ2n) is 3.78. The van der Waals surface area contributed by atoms with Gasteiger partial charge in [-0.05, 0) is 12.1 Å². The van der Waals surface area contributed by atoms with Crippen molar-refractivity contribution in [3.05, 3.63) is 53.3 Å². The van der Waals surface area contributed by atoms with Crippen molar-refractivity contribution in [3.63, 3.8) is 0 Å². The van der Waals surface area contributed by atoms with Crippen LogP contribution in [0.25, 0.3) is 4.96 Å². The summed E-state index contributed by atoms with van der Waals surface area (Å²) in [4.78, 5) is 16.7. The quantitative estimate of drug-likeness (QED) is 0.784. The minimum absolute atomic E-state index is 0.0640. The average Bonchev–Trinajstić information content (AvgIpc) is 2.94. The van der Waals surface area contributed by atoms with Crippen molar-refractivity contribution >= 4 is 27.9 Å². The molecule has 0 bridgehead atoms. The van der Waals surface area contributed by atoms with E-state index in [0.29, 0.717) is 10.7 Å². The van der Waals surface area contributed by atoms with Crippen molar-refractivity contribution in [3.8, 4) is 0 Å². The maximum Gasteiger partial charge on any atom is 0.273 e. The van der Waals surface area contributed by atoms with Crippen molar-refractivity contribution in [2.45, 2.75) is 0 Å². The van der Waals surface area contributed by atoms with Crippen LogP contribution in [0.15, 0.2) is 36.0 Å². The van der Waals surface area contributed by atoms with Crippen LogP contribution in [0, 0.1) is 11.6 Å². The zero-order valence-electron chi connectivity index (χ0n) is 9.43. The maximum absolute atomic E-state index is 13.4. The first-order valence-electron chi connectivity index (χ1n) is 5.32. The molecule has 0 aliphatic rings. The van der Waals surface area contributed by atoms with Crippen LogP contribution in [-0.2, 0) is 0 Å². The van der Waals surface area contributed by atoms with E-state index in [-0.39, 0.29) is 5.69 Å². The second-order valence-corrected chi connectivity index (χ2v) is 4.62. The Labute approximate surface area is 110 Å². The van der Waals surface area contributed by atoms with Gasteiger partial charge in [0.05, 0.1) is 5.69 Å². The monoisotopic (exact) mass is 279 g/mol. The molecule has 0 aliphatic carbocycles. The number of carbonyl (C=O) groups is 1. The molecule has 3 rings (SSSR count). The molecular weight excluding hydrogens is 272 g/mol. The number of hydrogen-bond acceptors (Lipinski definition) is 3. The maximum atomic E-state index is 13.4.